The lowest BCUT2D eigenvalue weighted by molar-refractivity contribution is 0.282. The average molecular weight is 278 g/mol. The van der Waals surface area contributed by atoms with Gasteiger partial charge in [-0.15, -0.1) is 11.3 Å². The first kappa shape index (κ1) is 14.6. The Hall–Kier alpha value is -0.470. The van der Waals surface area contributed by atoms with Gasteiger partial charge in [-0.3, -0.25) is 0 Å². The van der Waals surface area contributed by atoms with Crippen molar-refractivity contribution in [1.82, 2.24) is 9.21 Å². The standard InChI is InChI=1S/C10H18N2O3S2/c1-11(2)5-6-12(3)17(14,15)10-4-7-16-9(10)8-13/h4,7,13H,5-6,8H2,1-3H3. The summed E-state index contributed by atoms with van der Waals surface area (Å²) in [7, 11) is 1.86. The number of aliphatic hydroxyl groups is 1. The highest BCUT2D eigenvalue weighted by Crippen LogP contribution is 2.24. The van der Waals surface area contributed by atoms with E-state index in [4.69, 9.17) is 5.11 Å². The van der Waals surface area contributed by atoms with E-state index in [0.29, 0.717) is 18.0 Å². The smallest absolute Gasteiger partial charge is 0.244 e. The number of sulfonamides is 1. The number of thiophene rings is 1. The second-order valence-corrected chi connectivity index (χ2v) is 7.01. The van der Waals surface area contributed by atoms with Crippen LogP contribution in [0.25, 0.3) is 0 Å². The molecule has 1 rings (SSSR count). The molecule has 0 unspecified atom stereocenters. The van der Waals surface area contributed by atoms with E-state index in [1.165, 1.54) is 21.7 Å². The van der Waals surface area contributed by atoms with Gasteiger partial charge in [-0.05, 0) is 25.5 Å². The molecule has 1 heterocycles. The van der Waals surface area contributed by atoms with Gasteiger partial charge in [-0.1, -0.05) is 0 Å². The Balaban J connectivity index is 2.88. The molecule has 1 N–H and O–H groups in total. The third kappa shape index (κ3) is 3.49. The van der Waals surface area contributed by atoms with Gasteiger partial charge in [0.05, 0.1) is 11.5 Å². The lowest BCUT2D eigenvalue weighted by atomic mass is 10.5. The summed E-state index contributed by atoms with van der Waals surface area (Å²) in [5, 5.41) is 10.8. The quantitative estimate of drug-likeness (QED) is 0.819. The maximum absolute atomic E-state index is 12.2. The number of hydrogen-bond donors (Lipinski definition) is 1. The Kier molecular flexibility index (Phi) is 5.08. The van der Waals surface area contributed by atoms with Gasteiger partial charge in [0.2, 0.25) is 10.0 Å². The Bertz CT molecular complexity index is 454. The molecular formula is C10H18N2O3S2. The van der Waals surface area contributed by atoms with Crippen LogP contribution >= 0.6 is 11.3 Å². The summed E-state index contributed by atoms with van der Waals surface area (Å²) in [6, 6.07) is 1.54. The molecule has 0 aliphatic rings. The fourth-order valence-electron chi connectivity index (χ4n) is 1.30. The molecule has 0 aliphatic carbocycles. The second kappa shape index (κ2) is 5.92. The van der Waals surface area contributed by atoms with Gasteiger partial charge in [-0.2, -0.15) is 4.31 Å². The molecule has 0 bridgehead atoms. The van der Waals surface area contributed by atoms with Crippen molar-refractivity contribution < 1.29 is 13.5 Å². The third-order valence-electron chi connectivity index (χ3n) is 2.40. The molecule has 0 saturated heterocycles. The van der Waals surface area contributed by atoms with Crippen LogP contribution in [0.5, 0.6) is 0 Å². The maximum Gasteiger partial charge on any atom is 0.244 e. The highest BCUT2D eigenvalue weighted by Gasteiger charge is 2.24. The van der Waals surface area contributed by atoms with Crippen LogP contribution in [-0.4, -0.2) is 57.0 Å². The largest absolute Gasteiger partial charge is 0.391 e. The molecule has 17 heavy (non-hydrogen) atoms. The summed E-state index contributed by atoms with van der Waals surface area (Å²) < 4.78 is 25.7. The number of likely N-dealkylation sites (N-methyl/N-ethyl adjacent to an activating group) is 2. The Morgan fingerprint density at radius 3 is 2.47 bits per heavy atom. The van der Waals surface area contributed by atoms with Gasteiger partial charge in [-0.25, -0.2) is 8.42 Å². The molecule has 0 saturated carbocycles. The van der Waals surface area contributed by atoms with E-state index in [9.17, 15) is 8.42 Å². The zero-order valence-electron chi connectivity index (χ0n) is 10.3. The highest BCUT2D eigenvalue weighted by atomic mass is 32.2. The van der Waals surface area contributed by atoms with Crippen molar-refractivity contribution in [3.8, 4) is 0 Å². The summed E-state index contributed by atoms with van der Waals surface area (Å²) >= 11 is 1.25. The normalized spacial score (nSPS) is 12.6. The highest BCUT2D eigenvalue weighted by molar-refractivity contribution is 7.89. The summed E-state index contributed by atoms with van der Waals surface area (Å²) in [6.07, 6.45) is 0. The molecule has 1 aromatic heterocycles. The Morgan fingerprint density at radius 2 is 1.94 bits per heavy atom. The first-order chi connectivity index (χ1) is 7.89. The molecule has 0 fully saturated rings. The number of rotatable bonds is 6. The zero-order valence-corrected chi connectivity index (χ0v) is 11.9. The fourth-order valence-corrected chi connectivity index (χ4v) is 3.73. The van der Waals surface area contributed by atoms with E-state index in [1.54, 1.807) is 12.4 Å². The van der Waals surface area contributed by atoms with Gasteiger partial charge in [0.15, 0.2) is 0 Å². The number of aliphatic hydroxyl groups excluding tert-OH is 1. The van der Waals surface area contributed by atoms with Crippen LogP contribution < -0.4 is 0 Å². The molecule has 0 radical (unpaired) electrons. The second-order valence-electron chi connectivity index (χ2n) is 4.00. The van der Waals surface area contributed by atoms with Crippen molar-refractivity contribution in [2.75, 3.05) is 34.2 Å². The van der Waals surface area contributed by atoms with Crippen molar-refractivity contribution in [2.45, 2.75) is 11.5 Å². The minimum atomic E-state index is -3.48. The van der Waals surface area contributed by atoms with E-state index >= 15 is 0 Å². The van der Waals surface area contributed by atoms with E-state index in [0.717, 1.165) is 0 Å². The zero-order chi connectivity index (χ0) is 13.1. The van der Waals surface area contributed by atoms with Crippen molar-refractivity contribution in [3.05, 3.63) is 16.3 Å². The van der Waals surface area contributed by atoms with Gasteiger partial charge < -0.3 is 10.0 Å². The van der Waals surface area contributed by atoms with Crippen molar-refractivity contribution in [3.63, 3.8) is 0 Å². The van der Waals surface area contributed by atoms with Crippen molar-refractivity contribution in [2.24, 2.45) is 0 Å². The molecule has 5 nitrogen and oxygen atoms in total. The lowest BCUT2D eigenvalue weighted by Crippen LogP contribution is -2.33. The van der Waals surface area contributed by atoms with E-state index < -0.39 is 10.0 Å². The Labute approximate surface area is 106 Å². The van der Waals surface area contributed by atoms with E-state index in [-0.39, 0.29) is 11.5 Å². The molecule has 0 aliphatic heterocycles. The van der Waals surface area contributed by atoms with Crippen LogP contribution in [0.2, 0.25) is 0 Å². The predicted molar refractivity (Wildman–Crippen MR) is 68.6 cm³/mol. The lowest BCUT2D eigenvalue weighted by Gasteiger charge is -2.19. The molecule has 0 aromatic carbocycles. The van der Waals surface area contributed by atoms with E-state index in [1.807, 2.05) is 19.0 Å². The molecule has 1 aromatic rings. The first-order valence-electron chi connectivity index (χ1n) is 5.18. The fraction of sp³-hybridized carbons (Fsp3) is 0.600. The molecule has 7 heteroatoms. The molecule has 0 spiro atoms. The van der Waals surface area contributed by atoms with Crippen LogP contribution in [0.1, 0.15) is 4.88 Å². The predicted octanol–water partition coefficient (Wildman–Crippen LogP) is 0.422. The van der Waals surface area contributed by atoms with Crippen LogP contribution in [0.3, 0.4) is 0 Å². The van der Waals surface area contributed by atoms with Crippen molar-refractivity contribution >= 4 is 21.4 Å². The SMILES string of the molecule is CN(C)CCN(C)S(=O)(=O)c1ccsc1CO. The molecule has 0 atom stereocenters. The van der Waals surface area contributed by atoms with Gasteiger partial charge >= 0.3 is 0 Å². The Morgan fingerprint density at radius 1 is 1.29 bits per heavy atom. The van der Waals surface area contributed by atoms with Crippen LogP contribution in [0.15, 0.2) is 16.3 Å². The van der Waals surface area contributed by atoms with Gasteiger partial charge in [0, 0.05) is 25.0 Å². The molecule has 98 valence electrons. The van der Waals surface area contributed by atoms with Gasteiger partial charge in [0.25, 0.3) is 0 Å². The van der Waals surface area contributed by atoms with Gasteiger partial charge in [0.1, 0.15) is 0 Å². The van der Waals surface area contributed by atoms with Crippen molar-refractivity contribution in [1.29, 1.82) is 0 Å². The van der Waals surface area contributed by atoms with Crippen LogP contribution in [0.4, 0.5) is 0 Å². The first-order valence-corrected chi connectivity index (χ1v) is 7.50. The average Bonchev–Trinajstić information content (AvgIpc) is 2.74. The molecular weight excluding hydrogens is 260 g/mol. The van der Waals surface area contributed by atoms with E-state index in [2.05, 4.69) is 0 Å². The van der Waals surface area contributed by atoms with Crippen LogP contribution in [0, 0.1) is 0 Å². The maximum atomic E-state index is 12.2. The number of nitrogens with zero attached hydrogens (tertiary/aromatic N) is 2. The minimum Gasteiger partial charge on any atom is -0.391 e. The summed E-state index contributed by atoms with van der Waals surface area (Å²) in [5.41, 5.74) is 0. The number of hydrogen-bond acceptors (Lipinski definition) is 5. The monoisotopic (exact) mass is 278 g/mol. The summed E-state index contributed by atoms with van der Waals surface area (Å²) in [4.78, 5) is 2.63. The third-order valence-corrected chi connectivity index (χ3v) is 5.37. The summed E-state index contributed by atoms with van der Waals surface area (Å²) in [5.74, 6) is 0. The minimum absolute atomic E-state index is 0.214. The van der Waals surface area contributed by atoms with Crippen LogP contribution in [-0.2, 0) is 16.6 Å². The topological polar surface area (TPSA) is 60.9 Å². The summed E-state index contributed by atoms with van der Waals surface area (Å²) in [6.45, 7) is 0.845. The molecule has 0 amide bonds.